The first-order valence-electron chi connectivity index (χ1n) is 7.75. The van der Waals surface area contributed by atoms with Crippen LogP contribution in [0.25, 0.3) is 0 Å². The van der Waals surface area contributed by atoms with Crippen molar-refractivity contribution in [2.24, 2.45) is 0 Å². The molecule has 7 nitrogen and oxygen atoms in total. The fraction of sp³-hybridized carbons (Fsp3) is 0.471. The second kappa shape index (κ2) is 7.33. The molecule has 0 aliphatic carbocycles. The highest BCUT2D eigenvalue weighted by atomic mass is 16.5. The molecule has 130 valence electrons. The maximum absolute atomic E-state index is 12.5. The van der Waals surface area contributed by atoms with Crippen LogP contribution in [0.1, 0.15) is 25.8 Å². The topological polar surface area (TPSA) is 84.9 Å². The van der Waals surface area contributed by atoms with E-state index in [9.17, 15) is 14.4 Å². The average molecular weight is 334 g/mol. The molecule has 1 aromatic carbocycles. The van der Waals surface area contributed by atoms with Gasteiger partial charge in [0.1, 0.15) is 18.2 Å². The summed E-state index contributed by atoms with van der Waals surface area (Å²) in [5.41, 5.74) is -0.229. The molecule has 7 heteroatoms. The van der Waals surface area contributed by atoms with Crippen molar-refractivity contribution in [1.29, 1.82) is 0 Å². The summed E-state index contributed by atoms with van der Waals surface area (Å²) in [6.07, 6.45) is -0.268. The number of ether oxygens (including phenoxy) is 2. The van der Waals surface area contributed by atoms with Gasteiger partial charge in [-0.3, -0.25) is 4.79 Å². The number of hydrogen-bond acceptors (Lipinski definition) is 5. The number of methoxy groups -OCH3 is 1. The molecule has 1 heterocycles. The predicted octanol–water partition coefficient (Wildman–Crippen LogP) is 1.47. The highest BCUT2D eigenvalue weighted by Gasteiger charge is 2.47. The molecular formula is C17H22N2O5. The standard InChI is InChI=1S/C17H22N2O5/c1-12(14(20)23-3)19-10-9-17(2,15(19)21)18-16(22)24-11-13-7-5-4-6-8-13/h4-8,12H,9-11H2,1-3H3,(H,18,22)/t12-,17+/m0/s1. The number of esters is 1. The van der Waals surface area contributed by atoms with Crippen molar-refractivity contribution in [1.82, 2.24) is 10.2 Å². The first-order valence-corrected chi connectivity index (χ1v) is 7.75. The van der Waals surface area contributed by atoms with Gasteiger partial charge in [0.15, 0.2) is 0 Å². The number of amides is 2. The minimum absolute atomic E-state index is 0.124. The van der Waals surface area contributed by atoms with Crippen LogP contribution in [-0.4, -0.2) is 48.1 Å². The Kier molecular flexibility index (Phi) is 5.43. The zero-order valence-corrected chi connectivity index (χ0v) is 14.1. The summed E-state index contributed by atoms with van der Waals surface area (Å²) >= 11 is 0. The van der Waals surface area contributed by atoms with Crippen LogP contribution in [0.2, 0.25) is 0 Å². The third kappa shape index (κ3) is 3.84. The number of hydrogen-bond donors (Lipinski definition) is 1. The SMILES string of the molecule is COC(=O)[C@H](C)N1CC[C@@](C)(NC(=O)OCc2ccccc2)C1=O. The van der Waals surface area contributed by atoms with E-state index in [1.807, 2.05) is 30.3 Å². The lowest BCUT2D eigenvalue weighted by molar-refractivity contribution is -0.151. The summed E-state index contributed by atoms with van der Waals surface area (Å²) in [7, 11) is 1.28. The zero-order chi connectivity index (χ0) is 17.7. The van der Waals surface area contributed by atoms with Crippen molar-refractivity contribution in [2.75, 3.05) is 13.7 Å². The maximum Gasteiger partial charge on any atom is 0.408 e. The molecule has 1 aliphatic rings. The Balaban J connectivity index is 1.92. The maximum atomic E-state index is 12.5. The Morgan fingerprint density at radius 3 is 2.62 bits per heavy atom. The normalized spacial score (nSPS) is 21.3. The number of likely N-dealkylation sites (tertiary alicyclic amines) is 1. The number of carbonyl (C=O) groups is 3. The summed E-state index contributed by atoms with van der Waals surface area (Å²) in [5, 5.41) is 2.61. The van der Waals surface area contributed by atoms with Crippen molar-refractivity contribution in [3.8, 4) is 0 Å². The fourth-order valence-corrected chi connectivity index (χ4v) is 2.64. The van der Waals surface area contributed by atoms with Crippen molar-refractivity contribution in [3.05, 3.63) is 35.9 Å². The third-order valence-electron chi connectivity index (χ3n) is 4.19. The predicted molar refractivity (Wildman–Crippen MR) is 86.0 cm³/mol. The molecule has 0 spiro atoms. The highest BCUT2D eigenvalue weighted by Crippen LogP contribution is 2.25. The van der Waals surface area contributed by atoms with Crippen molar-refractivity contribution < 1.29 is 23.9 Å². The van der Waals surface area contributed by atoms with Gasteiger partial charge in [-0.1, -0.05) is 30.3 Å². The third-order valence-corrected chi connectivity index (χ3v) is 4.19. The van der Waals surface area contributed by atoms with Gasteiger partial charge in [0.25, 0.3) is 0 Å². The molecule has 2 amide bonds. The molecule has 0 bridgehead atoms. The molecule has 1 saturated heterocycles. The van der Waals surface area contributed by atoms with Crippen LogP contribution in [0.15, 0.2) is 30.3 Å². The van der Waals surface area contributed by atoms with Gasteiger partial charge >= 0.3 is 12.1 Å². The van der Waals surface area contributed by atoms with E-state index < -0.39 is 23.6 Å². The molecular weight excluding hydrogens is 312 g/mol. The Morgan fingerprint density at radius 1 is 1.33 bits per heavy atom. The van der Waals surface area contributed by atoms with E-state index in [-0.39, 0.29) is 12.5 Å². The van der Waals surface area contributed by atoms with Crippen LogP contribution in [0, 0.1) is 0 Å². The summed E-state index contributed by atoms with van der Waals surface area (Å²) in [5.74, 6) is -0.809. The number of rotatable bonds is 5. The summed E-state index contributed by atoms with van der Waals surface area (Å²) in [6.45, 7) is 3.72. The Bertz CT molecular complexity index is 619. The van der Waals surface area contributed by atoms with Gasteiger partial charge in [0.2, 0.25) is 5.91 Å². The van der Waals surface area contributed by atoms with Gasteiger partial charge in [-0.05, 0) is 25.8 Å². The highest BCUT2D eigenvalue weighted by molar-refractivity contribution is 5.94. The van der Waals surface area contributed by atoms with Gasteiger partial charge in [-0.15, -0.1) is 0 Å². The van der Waals surface area contributed by atoms with E-state index in [0.29, 0.717) is 13.0 Å². The van der Waals surface area contributed by atoms with E-state index in [2.05, 4.69) is 10.1 Å². The molecule has 2 atom stereocenters. The number of benzene rings is 1. The van der Waals surface area contributed by atoms with Crippen LogP contribution in [0.4, 0.5) is 4.79 Å². The van der Waals surface area contributed by atoms with Crippen molar-refractivity contribution in [2.45, 2.75) is 38.5 Å². The molecule has 0 saturated carbocycles. The molecule has 2 rings (SSSR count). The molecule has 0 aromatic heterocycles. The summed E-state index contributed by atoms with van der Waals surface area (Å²) < 4.78 is 9.82. The monoisotopic (exact) mass is 334 g/mol. The second-order valence-electron chi connectivity index (χ2n) is 5.97. The molecule has 1 aliphatic heterocycles. The average Bonchev–Trinajstić information content (AvgIpc) is 2.87. The Labute approximate surface area is 140 Å². The van der Waals surface area contributed by atoms with E-state index in [1.54, 1.807) is 13.8 Å². The molecule has 1 N–H and O–H groups in total. The number of nitrogens with zero attached hydrogens (tertiary/aromatic N) is 1. The zero-order valence-electron chi connectivity index (χ0n) is 14.1. The van der Waals surface area contributed by atoms with Gasteiger partial charge in [-0.25, -0.2) is 9.59 Å². The smallest absolute Gasteiger partial charge is 0.408 e. The lowest BCUT2D eigenvalue weighted by Gasteiger charge is -2.26. The minimum atomic E-state index is -1.09. The first-order chi connectivity index (χ1) is 11.4. The van der Waals surface area contributed by atoms with Crippen LogP contribution < -0.4 is 5.32 Å². The van der Waals surface area contributed by atoms with Crippen LogP contribution in [0.3, 0.4) is 0 Å². The van der Waals surface area contributed by atoms with Crippen molar-refractivity contribution >= 4 is 18.0 Å². The first kappa shape index (κ1) is 17.8. The lowest BCUT2D eigenvalue weighted by atomic mass is 10.0. The van der Waals surface area contributed by atoms with Gasteiger partial charge in [0.05, 0.1) is 7.11 Å². The Hall–Kier alpha value is -2.57. The lowest BCUT2D eigenvalue weighted by Crippen LogP contribution is -2.54. The minimum Gasteiger partial charge on any atom is -0.467 e. The van der Waals surface area contributed by atoms with Crippen LogP contribution in [0.5, 0.6) is 0 Å². The molecule has 1 fully saturated rings. The van der Waals surface area contributed by atoms with Gasteiger partial charge < -0.3 is 19.7 Å². The van der Waals surface area contributed by atoms with Crippen LogP contribution in [-0.2, 0) is 25.7 Å². The molecule has 1 aromatic rings. The number of nitrogens with one attached hydrogen (secondary N) is 1. The van der Waals surface area contributed by atoms with E-state index in [1.165, 1.54) is 12.0 Å². The number of carbonyl (C=O) groups excluding carboxylic acids is 3. The quantitative estimate of drug-likeness (QED) is 0.824. The Morgan fingerprint density at radius 2 is 2.00 bits per heavy atom. The van der Waals surface area contributed by atoms with E-state index in [0.717, 1.165) is 5.56 Å². The van der Waals surface area contributed by atoms with Crippen molar-refractivity contribution in [3.63, 3.8) is 0 Å². The molecule has 0 unspecified atom stereocenters. The summed E-state index contributed by atoms with van der Waals surface area (Å²) in [6, 6.07) is 8.57. The second-order valence-corrected chi connectivity index (χ2v) is 5.97. The largest absolute Gasteiger partial charge is 0.467 e. The molecule has 0 radical (unpaired) electrons. The summed E-state index contributed by atoms with van der Waals surface area (Å²) in [4.78, 5) is 37.6. The van der Waals surface area contributed by atoms with E-state index in [4.69, 9.17) is 4.74 Å². The molecule has 24 heavy (non-hydrogen) atoms. The fourth-order valence-electron chi connectivity index (χ4n) is 2.64. The number of alkyl carbamates (subject to hydrolysis) is 1. The van der Waals surface area contributed by atoms with Crippen LogP contribution >= 0.6 is 0 Å². The van der Waals surface area contributed by atoms with E-state index >= 15 is 0 Å². The van der Waals surface area contributed by atoms with Gasteiger partial charge in [0, 0.05) is 6.54 Å². The van der Waals surface area contributed by atoms with Gasteiger partial charge in [-0.2, -0.15) is 0 Å².